The second-order valence-electron chi connectivity index (χ2n) is 5.52. The van der Waals surface area contributed by atoms with Crippen LogP contribution in [0.3, 0.4) is 0 Å². The zero-order valence-electron chi connectivity index (χ0n) is 14.4. The van der Waals surface area contributed by atoms with Crippen LogP contribution in [0.5, 0.6) is 0 Å². The number of rotatable bonds is 8. The third-order valence-electron chi connectivity index (χ3n) is 3.44. The highest BCUT2D eigenvalue weighted by atomic mass is 32.2. The molecule has 9 heteroatoms. The molecule has 0 aliphatic heterocycles. The lowest BCUT2D eigenvalue weighted by Crippen LogP contribution is -2.26. The molecule has 0 amide bonds. The number of anilines is 2. The molecule has 2 heterocycles. The van der Waals surface area contributed by atoms with Crippen LogP contribution in [0.15, 0.2) is 21.6 Å². The van der Waals surface area contributed by atoms with Crippen molar-refractivity contribution in [3.8, 4) is 0 Å². The van der Waals surface area contributed by atoms with Crippen LogP contribution in [0.25, 0.3) is 0 Å². The molecule has 2 rings (SSSR count). The van der Waals surface area contributed by atoms with Crippen molar-refractivity contribution in [2.24, 2.45) is 0 Å². The molecule has 8 nitrogen and oxygen atoms in total. The van der Waals surface area contributed by atoms with Crippen molar-refractivity contribution in [1.82, 2.24) is 15.4 Å². The summed E-state index contributed by atoms with van der Waals surface area (Å²) in [5.74, 6) is 1.13. The van der Waals surface area contributed by atoms with Crippen LogP contribution >= 0.6 is 0 Å². The minimum Gasteiger partial charge on any atom is -0.360 e. The quantitative estimate of drug-likeness (QED) is 0.778. The molecule has 2 aromatic rings. The van der Waals surface area contributed by atoms with E-state index in [4.69, 9.17) is 4.52 Å². The van der Waals surface area contributed by atoms with E-state index in [1.54, 1.807) is 26.0 Å². The van der Waals surface area contributed by atoms with Gasteiger partial charge in [-0.3, -0.25) is 4.72 Å². The highest BCUT2D eigenvalue weighted by Gasteiger charge is 2.24. The first-order chi connectivity index (χ1) is 11.4. The van der Waals surface area contributed by atoms with Gasteiger partial charge in [0.1, 0.15) is 5.69 Å². The van der Waals surface area contributed by atoms with Crippen molar-refractivity contribution in [2.45, 2.75) is 45.4 Å². The molecule has 0 aliphatic rings. The highest BCUT2D eigenvalue weighted by Crippen LogP contribution is 2.22. The smallest absolute Gasteiger partial charge is 0.268 e. The van der Waals surface area contributed by atoms with E-state index < -0.39 is 10.0 Å². The molecule has 2 aromatic heterocycles. The van der Waals surface area contributed by atoms with Crippen molar-refractivity contribution in [1.29, 1.82) is 0 Å². The fourth-order valence-electron chi connectivity index (χ4n) is 2.48. The molecular formula is C15H23N5O3S. The topological polar surface area (TPSA) is 101 Å². The number of aryl methyl sites for hydroxylation is 2. The maximum absolute atomic E-state index is 12.4. The fraction of sp³-hybridized carbons (Fsp3) is 0.533. The van der Waals surface area contributed by atoms with E-state index in [2.05, 4.69) is 38.8 Å². The normalized spacial score (nSPS) is 11.5. The Morgan fingerprint density at radius 1 is 1.12 bits per heavy atom. The maximum atomic E-state index is 12.4. The van der Waals surface area contributed by atoms with Gasteiger partial charge in [0.15, 0.2) is 22.3 Å². The van der Waals surface area contributed by atoms with Crippen LogP contribution in [0, 0.1) is 13.8 Å². The summed E-state index contributed by atoms with van der Waals surface area (Å²) in [4.78, 5) is 2.16. The van der Waals surface area contributed by atoms with E-state index in [0.29, 0.717) is 5.69 Å². The van der Waals surface area contributed by atoms with E-state index in [-0.39, 0.29) is 16.5 Å². The highest BCUT2D eigenvalue weighted by molar-refractivity contribution is 7.92. The van der Waals surface area contributed by atoms with E-state index in [9.17, 15) is 8.42 Å². The SMILES string of the molecule is CCCN(CCC)c1ccc(NS(=O)(=O)c2c(C)noc2C)nn1. The Morgan fingerprint density at radius 3 is 2.25 bits per heavy atom. The summed E-state index contributed by atoms with van der Waals surface area (Å²) in [5.41, 5.74) is 0.307. The molecule has 0 spiro atoms. The second kappa shape index (κ2) is 7.61. The number of sulfonamides is 1. The molecule has 1 N–H and O–H groups in total. The third-order valence-corrected chi connectivity index (χ3v) is 5.04. The first-order valence-corrected chi connectivity index (χ1v) is 9.41. The Bertz CT molecular complexity index is 745. The molecule has 0 bridgehead atoms. The second-order valence-corrected chi connectivity index (χ2v) is 7.14. The van der Waals surface area contributed by atoms with Crippen LogP contribution in [0.2, 0.25) is 0 Å². The molecule has 0 fully saturated rings. The van der Waals surface area contributed by atoms with Gasteiger partial charge in [-0.1, -0.05) is 19.0 Å². The van der Waals surface area contributed by atoms with Crippen LogP contribution < -0.4 is 9.62 Å². The standard InChI is InChI=1S/C15H23N5O3S/c1-5-9-20(10-6-2)14-8-7-13(16-17-14)19-24(21,22)15-11(3)18-23-12(15)4/h7-8H,5-6,9-10H2,1-4H3,(H,16,19). The van der Waals surface area contributed by atoms with Gasteiger partial charge in [0.05, 0.1) is 0 Å². The van der Waals surface area contributed by atoms with Gasteiger partial charge < -0.3 is 9.42 Å². The number of hydrogen-bond donors (Lipinski definition) is 1. The summed E-state index contributed by atoms with van der Waals surface area (Å²) >= 11 is 0. The fourth-order valence-corrected chi connectivity index (χ4v) is 3.80. The van der Waals surface area contributed by atoms with Gasteiger partial charge in [-0.05, 0) is 38.8 Å². The minimum absolute atomic E-state index is 0.0342. The predicted molar refractivity (Wildman–Crippen MR) is 91.6 cm³/mol. The van der Waals surface area contributed by atoms with Crippen LogP contribution in [0.4, 0.5) is 11.6 Å². The molecule has 0 saturated carbocycles. The third kappa shape index (κ3) is 4.02. The van der Waals surface area contributed by atoms with Gasteiger partial charge in [-0.2, -0.15) is 0 Å². The first-order valence-electron chi connectivity index (χ1n) is 7.93. The van der Waals surface area contributed by atoms with E-state index >= 15 is 0 Å². The van der Waals surface area contributed by atoms with Crippen molar-refractivity contribution in [3.05, 3.63) is 23.6 Å². The molecule has 0 saturated heterocycles. The monoisotopic (exact) mass is 353 g/mol. The number of hydrogen-bond acceptors (Lipinski definition) is 7. The van der Waals surface area contributed by atoms with Crippen LogP contribution in [-0.2, 0) is 10.0 Å². The average molecular weight is 353 g/mol. The summed E-state index contributed by atoms with van der Waals surface area (Å²) in [5, 5.41) is 11.8. The number of nitrogens with zero attached hydrogens (tertiary/aromatic N) is 4. The van der Waals surface area contributed by atoms with E-state index in [0.717, 1.165) is 31.7 Å². The van der Waals surface area contributed by atoms with Crippen LogP contribution in [0.1, 0.15) is 38.1 Å². The zero-order chi connectivity index (χ0) is 17.7. The molecule has 0 aromatic carbocycles. The molecule has 0 atom stereocenters. The lowest BCUT2D eigenvalue weighted by Gasteiger charge is -2.21. The van der Waals surface area contributed by atoms with Crippen LogP contribution in [-0.4, -0.2) is 36.9 Å². The van der Waals surface area contributed by atoms with Gasteiger partial charge in [0.2, 0.25) is 0 Å². The number of aromatic nitrogens is 3. The molecule has 0 aliphatic carbocycles. The van der Waals surface area contributed by atoms with Gasteiger partial charge in [0.25, 0.3) is 10.0 Å². The Morgan fingerprint density at radius 2 is 1.79 bits per heavy atom. The number of nitrogens with one attached hydrogen (secondary N) is 1. The van der Waals surface area contributed by atoms with Gasteiger partial charge in [-0.15, -0.1) is 10.2 Å². The van der Waals surface area contributed by atoms with Crippen molar-refractivity contribution >= 4 is 21.7 Å². The molecule has 132 valence electrons. The van der Waals surface area contributed by atoms with E-state index in [1.807, 2.05) is 0 Å². The first kappa shape index (κ1) is 18.2. The Hall–Kier alpha value is -2.16. The lowest BCUT2D eigenvalue weighted by atomic mass is 10.3. The minimum atomic E-state index is -3.81. The van der Waals surface area contributed by atoms with Crippen molar-refractivity contribution in [2.75, 3.05) is 22.7 Å². The van der Waals surface area contributed by atoms with Crippen molar-refractivity contribution in [3.63, 3.8) is 0 Å². The average Bonchev–Trinajstić information content (AvgIpc) is 2.87. The van der Waals surface area contributed by atoms with Crippen molar-refractivity contribution < 1.29 is 12.9 Å². The summed E-state index contributed by atoms with van der Waals surface area (Å²) in [7, 11) is -3.81. The molecule has 24 heavy (non-hydrogen) atoms. The van der Waals surface area contributed by atoms with Gasteiger partial charge in [0, 0.05) is 13.1 Å². The molecule has 0 unspecified atom stereocenters. The molecular weight excluding hydrogens is 330 g/mol. The Kier molecular flexibility index (Phi) is 5.76. The predicted octanol–water partition coefficient (Wildman–Crippen LogP) is 2.51. The Labute approximate surface area is 142 Å². The lowest BCUT2D eigenvalue weighted by molar-refractivity contribution is 0.390. The summed E-state index contributed by atoms with van der Waals surface area (Å²) < 4.78 is 32.2. The van der Waals surface area contributed by atoms with Gasteiger partial charge in [-0.25, -0.2) is 8.42 Å². The summed E-state index contributed by atoms with van der Waals surface area (Å²) in [6.45, 7) is 9.09. The zero-order valence-corrected chi connectivity index (χ0v) is 15.2. The Balaban J connectivity index is 2.19. The van der Waals surface area contributed by atoms with Gasteiger partial charge >= 0.3 is 0 Å². The summed E-state index contributed by atoms with van der Waals surface area (Å²) in [6.07, 6.45) is 2.00. The van der Waals surface area contributed by atoms with E-state index in [1.165, 1.54) is 0 Å². The molecule has 0 radical (unpaired) electrons. The maximum Gasteiger partial charge on any atom is 0.268 e. The summed E-state index contributed by atoms with van der Waals surface area (Å²) in [6, 6.07) is 3.37. The largest absolute Gasteiger partial charge is 0.360 e.